The van der Waals surface area contributed by atoms with Crippen LogP contribution in [0.1, 0.15) is 23.8 Å². The Hall–Kier alpha value is -3.98. The number of benzene rings is 1. The van der Waals surface area contributed by atoms with Gasteiger partial charge in [-0.25, -0.2) is 18.7 Å². The highest BCUT2D eigenvalue weighted by atomic mass is 19.3. The van der Waals surface area contributed by atoms with Crippen molar-refractivity contribution in [1.82, 2.24) is 19.9 Å². The molecule has 1 aromatic carbocycles. The van der Waals surface area contributed by atoms with Crippen LogP contribution in [0.4, 0.5) is 20.4 Å². The number of carbonyl (C=O) groups is 1. The molecule has 1 aliphatic heterocycles. The van der Waals surface area contributed by atoms with Crippen LogP contribution in [0.3, 0.4) is 0 Å². The predicted octanol–water partition coefficient (Wildman–Crippen LogP) is 4.88. The highest BCUT2D eigenvalue weighted by Gasteiger charge is 2.17. The maximum Gasteiger partial charge on any atom is 0.265 e. The van der Waals surface area contributed by atoms with Gasteiger partial charge in [0.1, 0.15) is 11.6 Å². The number of fused-ring (bicyclic) bond motifs is 1. The Morgan fingerprint density at radius 1 is 0.943 bits per heavy atom. The first-order valence-corrected chi connectivity index (χ1v) is 11.3. The number of anilines is 2. The van der Waals surface area contributed by atoms with Crippen molar-refractivity contribution in [2.45, 2.75) is 6.43 Å². The van der Waals surface area contributed by atoms with E-state index in [0.29, 0.717) is 16.9 Å². The number of amides is 1. The van der Waals surface area contributed by atoms with Crippen LogP contribution in [0.2, 0.25) is 0 Å². The van der Waals surface area contributed by atoms with Crippen molar-refractivity contribution in [1.29, 1.82) is 0 Å². The molecule has 9 heteroatoms. The molecule has 4 aromatic rings. The molecule has 7 nitrogen and oxygen atoms in total. The summed E-state index contributed by atoms with van der Waals surface area (Å²) in [6.45, 7) is 3.62. The lowest BCUT2D eigenvalue weighted by Crippen LogP contribution is -2.44. The van der Waals surface area contributed by atoms with E-state index in [4.69, 9.17) is 0 Å². The molecule has 180 valence electrons. The van der Waals surface area contributed by atoms with Crippen LogP contribution in [-0.4, -0.2) is 59.0 Å². The molecular weight excluding hydrogens is 450 g/mol. The van der Waals surface area contributed by atoms with Gasteiger partial charge >= 0.3 is 0 Å². The third kappa shape index (κ3) is 5.09. The number of aromatic nitrogens is 3. The maximum absolute atomic E-state index is 13.1. The van der Waals surface area contributed by atoms with Crippen molar-refractivity contribution >= 4 is 28.3 Å². The van der Waals surface area contributed by atoms with Gasteiger partial charge in [-0.3, -0.25) is 9.78 Å². The van der Waals surface area contributed by atoms with Crippen molar-refractivity contribution in [2.24, 2.45) is 0 Å². The van der Waals surface area contributed by atoms with Crippen molar-refractivity contribution in [3.05, 3.63) is 78.4 Å². The number of nitrogens with one attached hydrogen (secondary N) is 1. The molecule has 1 amide bonds. The predicted molar refractivity (Wildman–Crippen MR) is 134 cm³/mol. The fourth-order valence-electron chi connectivity index (χ4n) is 4.08. The second-order valence-electron chi connectivity index (χ2n) is 8.59. The molecular formula is C26H26F2N6O. The summed E-state index contributed by atoms with van der Waals surface area (Å²) in [4.78, 5) is 30.1. The minimum atomic E-state index is -2.58. The molecule has 0 atom stereocenters. The van der Waals surface area contributed by atoms with E-state index < -0.39 is 6.43 Å². The first kappa shape index (κ1) is 22.8. The molecule has 0 bridgehead atoms. The second kappa shape index (κ2) is 9.71. The summed E-state index contributed by atoms with van der Waals surface area (Å²) >= 11 is 0. The number of hydrogen-bond acceptors (Lipinski definition) is 6. The SMILES string of the molecule is CN1CCN(c2cc(C(=O)Nc3cc4cc(-c5cncc(C(F)F)c5)ccc4cn3)ccn2)CC1.[HH]. The molecule has 1 N–H and O–H groups in total. The molecule has 1 fully saturated rings. The first-order chi connectivity index (χ1) is 17.0. The van der Waals surface area contributed by atoms with Crippen LogP contribution in [0.5, 0.6) is 0 Å². The van der Waals surface area contributed by atoms with E-state index in [9.17, 15) is 13.6 Å². The van der Waals surface area contributed by atoms with Crippen LogP contribution in [0, 0.1) is 0 Å². The summed E-state index contributed by atoms with van der Waals surface area (Å²) in [5.41, 5.74) is 1.72. The van der Waals surface area contributed by atoms with Crippen LogP contribution in [0.15, 0.2) is 67.3 Å². The van der Waals surface area contributed by atoms with Gasteiger partial charge in [-0.1, -0.05) is 12.1 Å². The second-order valence-corrected chi connectivity index (χ2v) is 8.59. The Morgan fingerprint density at radius 2 is 1.77 bits per heavy atom. The monoisotopic (exact) mass is 476 g/mol. The number of carbonyl (C=O) groups excluding carboxylic acids is 1. The summed E-state index contributed by atoms with van der Waals surface area (Å²) in [7, 11) is 2.09. The zero-order valence-electron chi connectivity index (χ0n) is 19.2. The molecule has 5 rings (SSSR count). The van der Waals surface area contributed by atoms with Gasteiger partial charge in [0.05, 0.1) is 0 Å². The van der Waals surface area contributed by atoms with E-state index >= 15 is 0 Å². The highest BCUT2D eigenvalue weighted by molar-refractivity contribution is 6.05. The molecule has 0 radical (unpaired) electrons. The lowest BCUT2D eigenvalue weighted by molar-refractivity contribution is 0.102. The lowest BCUT2D eigenvalue weighted by atomic mass is 10.0. The van der Waals surface area contributed by atoms with Crippen LogP contribution in [-0.2, 0) is 0 Å². The zero-order valence-corrected chi connectivity index (χ0v) is 19.2. The van der Waals surface area contributed by atoms with E-state index in [1.807, 2.05) is 18.2 Å². The van der Waals surface area contributed by atoms with E-state index in [0.717, 1.165) is 48.3 Å². The Bertz CT molecular complexity index is 1380. The van der Waals surface area contributed by atoms with Gasteiger partial charge in [0.2, 0.25) is 0 Å². The van der Waals surface area contributed by atoms with Gasteiger partial charge in [0.25, 0.3) is 12.3 Å². The normalized spacial score (nSPS) is 14.5. The molecule has 1 aliphatic rings. The molecule has 4 heterocycles. The Labute approximate surface area is 202 Å². The van der Waals surface area contributed by atoms with Gasteiger partial charge in [-0.15, -0.1) is 0 Å². The first-order valence-electron chi connectivity index (χ1n) is 11.3. The fraction of sp³-hybridized carbons (Fsp3) is 0.231. The molecule has 0 saturated carbocycles. The van der Waals surface area contributed by atoms with Gasteiger partial charge in [-0.05, 0) is 48.3 Å². The van der Waals surface area contributed by atoms with Crippen molar-refractivity contribution < 1.29 is 15.0 Å². The van der Waals surface area contributed by atoms with E-state index in [1.165, 1.54) is 12.3 Å². The summed E-state index contributed by atoms with van der Waals surface area (Å²) in [5, 5.41) is 4.54. The molecule has 0 aliphatic carbocycles. The summed E-state index contributed by atoms with van der Waals surface area (Å²) in [6, 6.07) is 12.2. The molecule has 0 spiro atoms. The largest absolute Gasteiger partial charge is 0.354 e. The Balaban J connectivity index is 0.00000304. The number of pyridine rings is 3. The van der Waals surface area contributed by atoms with Gasteiger partial charge in [0, 0.05) is 74.5 Å². The van der Waals surface area contributed by atoms with Crippen LogP contribution in [0.25, 0.3) is 21.9 Å². The average Bonchev–Trinajstić information content (AvgIpc) is 2.89. The van der Waals surface area contributed by atoms with Gasteiger partial charge in [0.15, 0.2) is 0 Å². The number of likely N-dealkylation sites (N-methyl/N-ethyl adjacent to an activating group) is 1. The summed E-state index contributed by atoms with van der Waals surface area (Å²) < 4.78 is 26.2. The standard InChI is InChI=1S/C26H24F2N6O.H2/c1-33-6-8-34(9-7-33)24-13-18(4-5-30-24)26(35)32-23-12-20-10-17(2-3-19(20)16-31-23)21-11-22(25(27)28)15-29-14-21;/h2-5,10-16,25H,6-9H2,1H3,(H,31,32,35);1H. The minimum Gasteiger partial charge on any atom is -0.354 e. The maximum atomic E-state index is 13.1. The van der Waals surface area contributed by atoms with E-state index in [2.05, 4.69) is 37.1 Å². The van der Waals surface area contributed by atoms with Crippen LogP contribution >= 0.6 is 0 Å². The molecule has 35 heavy (non-hydrogen) atoms. The minimum absolute atomic E-state index is 0. The number of piperazine rings is 1. The van der Waals surface area contributed by atoms with E-state index in [-0.39, 0.29) is 12.9 Å². The summed E-state index contributed by atoms with van der Waals surface area (Å²) in [6.07, 6.45) is 3.45. The van der Waals surface area contributed by atoms with Gasteiger partial charge in [-0.2, -0.15) is 0 Å². The van der Waals surface area contributed by atoms with Crippen LogP contribution < -0.4 is 10.2 Å². The number of rotatable bonds is 5. The third-order valence-corrected chi connectivity index (χ3v) is 6.14. The number of nitrogens with zero attached hydrogens (tertiary/aromatic N) is 5. The van der Waals surface area contributed by atoms with Crippen molar-refractivity contribution in [2.75, 3.05) is 43.4 Å². The van der Waals surface area contributed by atoms with Crippen molar-refractivity contribution in [3.63, 3.8) is 0 Å². The fourth-order valence-corrected chi connectivity index (χ4v) is 4.08. The topological polar surface area (TPSA) is 74.2 Å². The number of hydrogen-bond donors (Lipinski definition) is 1. The summed E-state index contributed by atoms with van der Waals surface area (Å²) in [5.74, 6) is 0.901. The third-order valence-electron chi connectivity index (χ3n) is 6.14. The Kier molecular flexibility index (Phi) is 6.33. The lowest BCUT2D eigenvalue weighted by Gasteiger charge is -2.33. The smallest absolute Gasteiger partial charge is 0.265 e. The number of halogens is 2. The average molecular weight is 477 g/mol. The molecule has 1 saturated heterocycles. The quantitative estimate of drug-likeness (QED) is 0.443. The van der Waals surface area contributed by atoms with Crippen molar-refractivity contribution in [3.8, 4) is 11.1 Å². The molecule has 3 aromatic heterocycles. The highest BCUT2D eigenvalue weighted by Crippen LogP contribution is 2.28. The van der Waals surface area contributed by atoms with Gasteiger partial charge < -0.3 is 15.1 Å². The zero-order chi connectivity index (χ0) is 24.4. The van der Waals surface area contributed by atoms with E-state index in [1.54, 1.807) is 36.8 Å². The number of alkyl halides is 2. The molecule has 0 unspecified atom stereocenters. The Morgan fingerprint density at radius 3 is 2.57 bits per heavy atom.